The zero-order valence-corrected chi connectivity index (χ0v) is 12.0. The normalized spacial score (nSPS) is 22.7. The quantitative estimate of drug-likeness (QED) is 0.651. The standard InChI is InChI=1S/C14H24N4O2/c1-2-4-11-12(15)13(18-17-11)14(20)16-8-9-5-3-6-10(19)7-9/h9-10,19H,2-8,15H2,1H3,(H,16,20)(H,17,18). The fourth-order valence-electron chi connectivity index (χ4n) is 2.77. The molecule has 0 aromatic carbocycles. The fraction of sp³-hybridized carbons (Fsp3) is 0.714. The van der Waals surface area contributed by atoms with Crippen LogP contribution in [-0.4, -0.2) is 33.9 Å². The van der Waals surface area contributed by atoms with Crippen LogP contribution in [0.1, 0.15) is 55.2 Å². The van der Waals surface area contributed by atoms with E-state index >= 15 is 0 Å². The molecular weight excluding hydrogens is 256 g/mol. The van der Waals surface area contributed by atoms with E-state index in [2.05, 4.69) is 22.4 Å². The summed E-state index contributed by atoms with van der Waals surface area (Å²) >= 11 is 0. The third kappa shape index (κ3) is 3.50. The molecule has 2 rings (SSSR count). The molecule has 0 radical (unpaired) electrons. The number of H-pyrrole nitrogens is 1. The van der Waals surface area contributed by atoms with Crippen molar-refractivity contribution in [2.75, 3.05) is 12.3 Å². The van der Waals surface area contributed by atoms with E-state index in [4.69, 9.17) is 5.73 Å². The average Bonchev–Trinajstić information content (AvgIpc) is 2.78. The van der Waals surface area contributed by atoms with Crippen LogP contribution in [-0.2, 0) is 6.42 Å². The summed E-state index contributed by atoms with van der Waals surface area (Å²) in [6.45, 7) is 2.62. The minimum atomic E-state index is -0.235. The number of aliphatic hydroxyl groups excluding tert-OH is 1. The first kappa shape index (κ1) is 14.8. The second kappa shape index (κ2) is 6.74. The van der Waals surface area contributed by atoms with Crippen molar-refractivity contribution in [3.63, 3.8) is 0 Å². The first-order valence-electron chi connectivity index (χ1n) is 7.40. The van der Waals surface area contributed by atoms with Crippen molar-refractivity contribution >= 4 is 11.6 Å². The molecule has 0 saturated heterocycles. The van der Waals surface area contributed by atoms with E-state index in [1.807, 2.05) is 0 Å². The van der Waals surface area contributed by atoms with Gasteiger partial charge in [-0.15, -0.1) is 0 Å². The number of anilines is 1. The number of nitrogens with one attached hydrogen (secondary N) is 2. The zero-order valence-electron chi connectivity index (χ0n) is 12.0. The third-order valence-electron chi connectivity index (χ3n) is 3.90. The molecule has 0 spiro atoms. The van der Waals surface area contributed by atoms with Crippen molar-refractivity contribution in [3.05, 3.63) is 11.4 Å². The maximum absolute atomic E-state index is 12.1. The molecule has 5 N–H and O–H groups in total. The Morgan fingerprint density at radius 3 is 3.05 bits per heavy atom. The van der Waals surface area contributed by atoms with Gasteiger partial charge in [0.05, 0.1) is 17.5 Å². The largest absolute Gasteiger partial charge is 0.395 e. The molecule has 1 aliphatic carbocycles. The van der Waals surface area contributed by atoms with Crippen LogP contribution in [0.25, 0.3) is 0 Å². The molecule has 1 saturated carbocycles. The summed E-state index contributed by atoms with van der Waals surface area (Å²) in [5.74, 6) is 0.110. The van der Waals surface area contributed by atoms with Crippen LogP contribution in [0.5, 0.6) is 0 Å². The fourth-order valence-corrected chi connectivity index (χ4v) is 2.77. The highest BCUT2D eigenvalue weighted by atomic mass is 16.3. The van der Waals surface area contributed by atoms with E-state index < -0.39 is 0 Å². The number of nitrogen functional groups attached to an aromatic ring is 1. The van der Waals surface area contributed by atoms with E-state index in [1.54, 1.807) is 0 Å². The summed E-state index contributed by atoms with van der Waals surface area (Å²) in [6.07, 6.45) is 5.22. The number of carbonyl (C=O) groups excluding carboxylic acids is 1. The number of nitrogens with two attached hydrogens (primary N) is 1. The minimum Gasteiger partial charge on any atom is -0.395 e. The van der Waals surface area contributed by atoms with Crippen LogP contribution >= 0.6 is 0 Å². The highest BCUT2D eigenvalue weighted by Crippen LogP contribution is 2.23. The smallest absolute Gasteiger partial charge is 0.273 e. The van der Waals surface area contributed by atoms with Crippen LogP contribution in [0.15, 0.2) is 0 Å². The van der Waals surface area contributed by atoms with Gasteiger partial charge < -0.3 is 16.2 Å². The Hall–Kier alpha value is -1.56. The number of aliphatic hydroxyl groups is 1. The predicted molar refractivity (Wildman–Crippen MR) is 77.3 cm³/mol. The summed E-state index contributed by atoms with van der Waals surface area (Å²) in [4.78, 5) is 12.1. The van der Waals surface area contributed by atoms with Gasteiger partial charge in [0, 0.05) is 6.54 Å². The zero-order chi connectivity index (χ0) is 14.5. The SMILES string of the molecule is CCCc1[nH]nc(C(=O)NCC2CCCC(O)C2)c1N. The maximum Gasteiger partial charge on any atom is 0.273 e. The van der Waals surface area contributed by atoms with Crippen LogP contribution in [0.3, 0.4) is 0 Å². The van der Waals surface area contributed by atoms with Crippen molar-refractivity contribution in [2.24, 2.45) is 5.92 Å². The number of carbonyl (C=O) groups is 1. The first-order chi connectivity index (χ1) is 9.61. The molecule has 1 aromatic heterocycles. The number of aryl methyl sites for hydroxylation is 1. The molecule has 112 valence electrons. The minimum absolute atomic E-state index is 0.225. The lowest BCUT2D eigenvalue weighted by molar-refractivity contribution is 0.0871. The molecule has 1 aromatic rings. The second-order valence-corrected chi connectivity index (χ2v) is 5.61. The van der Waals surface area contributed by atoms with E-state index in [0.717, 1.165) is 44.2 Å². The molecule has 0 bridgehead atoms. The Morgan fingerprint density at radius 1 is 1.55 bits per heavy atom. The van der Waals surface area contributed by atoms with Crippen LogP contribution in [0.2, 0.25) is 0 Å². The molecule has 1 aliphatic rings. The average molecular weight is 280 g/mol. The molecule has 6 nitrogen and oxygen atoms in total. The Morgan fingerprint density at radius 2 is 2.35 bits per heavy atom. The van der Waals surface area contributed by atoms with Gasteiger partial charge in [0.25, 0.3) is 5.91 Å². The number of aromatic amines is 1. The third-order valence-corrected chi connectivity index (χ3v) is 3.90. The number of hydrogen-bond acceptors (Lipinski definition) is 4. The lowest BCUT2D eigenvalue weighted by Crippen LogP contribution is -2.33. The number of aromatic nitrogens is 2. The predicted octanol–water partition coefficient (Wildman–Crippen LogP) is 1.23. The Bertz CT molecular complexity index is 458. The van der Waals surface area contributed by atoms with E-state index in [1.165, 1.54) is 0 Å². The highest BCUT2D eigenvalue weighted by Gasteiger charge is 2.22. The maximum atomic E-state index is 12.1. The Labute approximate surface area is 119 Å². The number of hydrogen-bond donors (Lipinski definition) is 4. The van der Waals surface area contributed by atoms with Gasteiger partial charge >= 0.3 is 0 Å². The lowest BCUT2D eigenvalue weighted by atomic mass is 9.87. The van der Waals surface area contributed by atoms with Crippen molar-refractivity contribution in [3.8, 4) is 0 Å². The number of rotatable bonds is 5. The van der Waals surface area contributed by atoms with E-state index in [0.29, 0.717) is 18.2 Å². The van der Waals surface area contributed by atoms with Crippen LogP contribution in [0, 0.1) is 5.92 Å². The molecule has 2 atom stereocenters. The van der Waals surface area contributed by atoms with E-state index in [-0.39, 0.29) is 17.7 Å². The Balaban J connectivity index is 1.88. The summed E-state index contributed by atoms with van der Waals surface area (Å²) in [6, 6.07) is 0. The van der Waals surface area contributed by atoms with Gasteiger partial charge in [0.15, 0.2) is 5.69 Å². The van der Waals surface area contributed by atoms with Crippen molar-refractivity contribution in [1.29, 1.82) is 0 Å². The molecule has 0 aliphatic heterocycles. The van der Waals surface area contributed by atoms with Crippen molar-refractivity contribution < 1.29 is 9.90 Å². The van der Waals surface area contributed by atoms with Gasteiger partial charge in [-0.05, 0) is 31.6 Å². The number of nitrogens with zero attached hydrogens (tertiary/aromatic N) is 1. The molecule has 1 heterocycles. The summed E-state index contributed by atoms with van der Waals surface area (Å²) < 4.78 is 0. The van der Waals surface area contributed by atoms with Crippen LogP contribution in [0.4, 0.5) is 5.69 Å². The highest BCUT2D eigenvalue weighted by molar-refractivity contribution is 5.97. The number of amides is 1. The molecule has 6 heteroatoms. The van der Waals surface area contributed by atoms with Crippen molar-refractivity contribution in [1.82, 2.24) is 15.5 Å². The topological polar surface area (TPSA) is 104 Å². The van der Waals surface area contributed by atoms with Gasteiger partial charge in [-0.3, -0.25) is 9.89 Å². The monoisotopic (exact) mass is 280 g/mol. The van der Waals surface area contributed by atoms with Gasteiger partial charge in [-0.25, -0.2) is 0 Å². The summed E-state index contributed by atoms with van der Waals surface area (Å²) in [7, 11) is 0. The summed E-state index contributed by atoms with van der Waals surface area (Å²) in [5.41, 5.74) is 7.49. The molecule has 2 unspecified atom stereocenters. The van der Waals surface area contributed by atoms with E-state index in [9.17, 15) is 9.90 Å². The second-order valence-electron chi connectivity index (χ2n) is 5.61. The lowest BCUT2D eigenvalue weighted by Gasteiger charge is -2.25. The van der Waals surface area contributed by atoms with Gasteiger partial charge in [0.1, 0.15) is 0 Å². The first-order valence-corrected chi connectivity index (χ1v) is 7.40. The summed E-state index contributed by atoms with van der Waals surface area (Å²) in [5, 5.41) is 19.3. The van der Waals surface area contributed by atoms with Gasteiger partial charge in [-0.2, -0.15) is 5.10 Å². The Kier molecular flexibility index (Phi) is 5.00. The molecule has 1 fully saturated rings. The molecule has 1 amide bonds. The van der Waals surface area contributed by atoms with Gasteiger partial charge in [0.2, 0.25) is 0 Å². The van der Waals surface area contributed by atoms with Crippen molar-refractivity contribution in [2.45, 2.75) is 51.6 Å². The molecular formula is C14H24N4O2. The molecule has 20 heavy (non-hydrogen) atoms. The van der Waals surface area contributed by atoms with Gasteiger partial charge in [-0.1, -0.05) is 19.8 Å². The van der Waals surface area contributed by atoms with Crippen LogP contribution < -0.4 is 11.1 Å².